The summed E-state index contributed by atoms with van der Waals surface area (Å²) >= 11 is 0. The second kappa shape index (κ2) is 11.9. The van der Waals surface area contributed by atoms with E-state index in [0.29, 0.717) is 25.6 Å². The number of aliphatic imine (C=N–C) groups is 1. The van der Waals surface area contributed by atoms with Crippen LogP contribution in [0.2, 0.25) is 0 Å². The standard InChI is InChI=1S/C18H28F2N4O2.HI/c1-6-24(17(25)26-18(2,3)4)10-9-22-16(21-5)23-12-13-11-14(19)7-8-15(13)20;/h7-8,11H,6,9-10,12H2,1-5H3,(H2,21,22,23);1H. The maximum Gasteiger partial charge on any atom is 0.410 e. The number of likely N-dealkylation sites (N-methyl/N-ethyl adjacent to an activating group) is 1. The fourth-order valence-electron chi connectivity index (χ4n) is 2.09. The van der Waals surface area contributed by atoms with E-state index in [4.69, 9.17) is 4.74 Å². The van der Waals surface area contributed by atoms with Crippen LogP contribution in [0.4, 0.5) is 13.6 Å². The highest BCUT2D eigenvalue weighted by Crippen LogP contribution is 2.10. The predicted octanol–water partition coefficient (Wildman–Crippen LogP) is 3.50. The minimum atomic E-state index is -0.551. The number of carbonyl (C=O) groups excluding carboxylic acids is 1. The number of hydrogen-bond acceptors (Lipinski definition) is 3. The normalized spacial score (nSPS) is 11.4. The van der Waals surface area contributed by atoms with Crippen LogP contribution in [0.15, 0.2) is 23.2 Å². The molecule has 1 aromatic rings. The van der Waals surface area contributed by atoms with Crippen LogP contribution < -0.4 is 10.6 Å². The zero-order valence-corrected chi connectivity index (χ0v) is 18.8. The number of carbonyl (C=O) groups is 1. The summed E-state index contributed by atoms with van der Waals surface area (Å²) in [4.78, 5) is 17.7. The first-order valence-electron chi connectivity index (χ1n) is 8.52. The van der Waals surface area contributed by atoms with Crippen LogP contribution in [-0.4, -0.2) is 49.2 Å². The molecule has 0 bridgehead atoms. The summed E-state index contributed by atoms with van der Waals surface area (Å²) < 4.78 is 32.2. The quantitative estimate of drug-likeness (QED) is 0.358. The molecule has 0 saturated heterocycles. The third-order valence-corrected chi connectivity index (χ3v) is 3.39. The maximum absolute atomic E-state index is 13.6. The van der Waals surface area contributed by atoms with Crippen LogP contribution in [0, 0.1) is 11.6 Å². The van der Waals surface area contributed by atoms with Gasteiger partial charge < -0.3 is 20.3 Å². The van der Waals surface area contributed by atoms with E-state index in [1.165, 1.54) is 0 Å². The van der Waals surface area contributed by atoms with Gasteiger partial charge >= 0.3 is 6.09 Å². The van der Waals surface area contributed by atoms with Gasteiger partial charge in [-0.05, 0) is 45.9 Å². The van der Waals surface area contributed by atoms with Crippen LogP contribution in [0.5, 0.6) is 0 Å². The number of nitrogens with one attached hydrogen (secondary N) is 2. The van der Waals surface area contributed by atoms with Gasteiger partial charge in [0.1, 0.15) is 17.2 Å². The molecule has 0 aliphatic heterocycles. The number of amides is 1. The van der Waals surface area contributed by atoms with Crippen molar-refractivity contribution in [2.75, 3.05) is 26.7 Å². The minimum Gasteiger partial charge on any atom is -0.444 e. The Labute approximate surface area is 176 Å². The van der Waals surface area contributed by atoms with Gasteiger partial charge in [0.15, 0.2) is 5.96 Å². The van der Waals surface area contributed by atoms with Crippen molar-refractivity contribution in [1.29, 1.82) is 0 Å². The average Bonchev–Trinajstić information content (AvgIpc) is 2.55. The molecule has 0 aliphatic rings. The van der Waals surface area contributed by atoms with Gasteiger partial charge in [-0.2, -0.15) is 0 Å². The summed E-state index contributed by atoms with van der Waals surface area (Å²) in [5, 5.41) is 5.94. The fourth-order valence-corrected chi connectivity index (χ4v) is 2.09. The molecule has 1 aromatic carbocycles. The van der Waals surface area contributed by atoms with Crippen molar-refractivity contribution in [3.8, 4) is 0 Å². The Morgan fingerprint density at radius 3 is 2.48 bits per heavy atom. The zero-order chi connectivity index (χ0) is 19.7. The molecule has 0 atom stereocenters. The number of benzene rings is 1. The molecule has 6 nitrogen and oxygen atoms in total. The van der Waals surface area contributed by atoms with E-state index in [2.05, 4.69) is 15.6 Å². The number of halogens is 3. The van der Waals surface area contributed by atoms with Gasteiger partial charge in [0.25, 0.3) is 0 Å². The number of hydrogen-bond donors (Lipinski definition) is 2. The van der Waals surface area contributed by atoms with E-state index < -0.39 is 17.2 Å². The SMILES string of the molecule is CCN(CCNC(=NC)NCc1cc(F)ccc1F)C(=O)OC(C)(C)C.I. The van der Waals surface area contributed by atoms with Crippen LogP contribution in [0.25, 0.3) is 0 Å². The van der Waals surface area contributed by atoms with Gasteiger partial charge in [0, 0.05) is 38.8 Å². The van der Waals surface area contributed by atoms with E-state index in [-0.39, 0.29) is 42.2 Å². The Balaban J connectivity index is 0.00000676. The molecule has 0 unspecified atom stereocenters. The lowest BCUT2D eigenvalue weighted by Crippen LogP contribution is -2.44. The number of ether oxygens (including phenoxy) is 1. The second-order valence-corrected chi connectivity index (χ2v) is 6.65. The largest absolute Gasteiger partial charge is 0.444 e. The van der Waals surface area contributed by atoms with E-state index >= 15 is 0 Å². The van der Waals surface area contributed by atoms with Crippen molar-refractivity contribution < 1.29 is 18.3 Å². The molecule has 0 heterocycles. The van der Waals surface area contributed by atoms with Crippen LogP contribution in [0.1, 0.15) is 33.3 Å². The first kappa shape index (κ1) is 25.4. The fraction of sp³-hybridized carbons (Fsp3) is 0.556. The Bertz CT molecular complexity index is 636. The lowest BCUT2D eigenvalue weighted by molar-refractivity contribution is 0.0264. The highest BCUT2D eigenvalue weighted by molar-refractivity contribution is 14.0. The minimum absolute atomic E-state index is 0. The third-order valence-electron chi connectivity index (χ3n) is 3.39. The average molecular weight is 498 g/mol. The molecule has 0 saturated carbocycles. The summed E-state index contributed by atoms with van der Waals surface area (Å²) in [5.74, 6) is -0.563. The number of nitrogens with zero attached hydrogens (tertiary/aromatic N) is 2. The Kier molecular flexibility index (Phi) is 11.2. The van der Waals surface area contributed by atoms with Crippen LogP contribution >= 0.6 is 24.0 Å². The van der Waals surface area contributed by atoms with E-state index in [9.17, 15) is 13.6 Å². The monoisotopic (exact) mass is 498 g/mol. The number of rotatable bonds is 6. The smallest absolute Gasteiger partial charge is 0.410 e. The highest BCUT2D eigenvalue weighted by atomic mass is 127. The molecule has 0 spiro atoms. The van der Waals surface area contributed by atoms with Crippen molar-refractivity contribution in [3.05, 3.63) is 35.4 Å². The van der Waals surface area contributed by atoms with E-state index in [1.807, 2.05) is 27.7 Å². The molecule has 2 N–H and O–H groups in total. The van der Waals surface area contributed by atoms with Crippen molar-refractivity contribution >= 4 is 36.0 Å². The molecule has 0 fully saturated rings. The topological polar surface area (TPSA) is 66.0 Å². The summed E-state index contributed by atoms with van der Waals surface area (Å²) in [6.45, 7) is 8.75. The van der Waals surface area contributed by atoms with Gasteiger partial charge in [-0.3, -0.25) is 4.99 Å². The van der Waals surface area contributed by atoms with Gasteiger partial charge in [-0.1, -0.05) is 0 Å². The molecular weight excluding hydrogens is 469 g/mol. The van der Waals surface area contributed by atoms with Gasteiger partial charge in [0.2, 0.25) is 0 Å². The van der Waals surface area contributed by atoms with Crippen molar-refractivity contribution in [2.24, 2.45) is 4.99 Å². The molecule has 1 amide bonds. The molecule has 154 valence electrons. The molecular formula is C18H29F2IN4O2. The Morgan fingerprint density at radius 2 is 1.93 bits per heavy atom. The first-order valence-corrected chi connectivity index (χ1v) is 8.52. The first-order chi connectivity index (χ1) is 12.2. The van der Waals surface area contributed by atoms with Crippen molar-refractivity contribution in [1.82, 2.24) is 15.5 Å². The maximum atomic E-state index is 13.6. The van der Waals surface area contributed by atoms with Gasteiger partial charge in [-0.15, -0.1) is 24.0 Å². The lowest BCUT2D eigenvalue weighted by Gasteiger charge is -2.26. The van der Waals surface area contributed by atoms with Crippen LogP contribution in [-0.2, 0) is 11.3 Å². The predicted molar refractivity (Wildman–Crippen MR) is 113 cm³/mol. The molecule has 0 radical (unpaired) electrons. The molecule has 0 aromatic heterocycles. The molecule has 0 aliphatic carbocycles. The van der Waals surface area contributed by atoms with Gasteiger partial charge in [0.05, 0.1) is 0 Å². The Hall–Kier alpha value is -1.65. The number of guanidine groups is 1. The lowest BCUT2D eigenvalue weighted by atomic mass is 10.2. The summed E-state index contributed by atoms with van der Waals surface area (Å²) in [6, 6.07) is 3.29. The van der Waals surface area contributed by atoms with Gasteiger partial charge in [-0.25, -0.2) is 13.6 Å². The Morgan fingerprint density at radius 1 is 1.26 bits per heavy atom. The molecule has 9 heteroatoms. The van der Waals surface area contributed by atoms with Crippen molar-refractivity contribution in [2.45, 2.75) is 39.8 Å². The zero-order valence-electron chi connectivity index (χ0n) is 16.4. The van der Waals surface area contributed by atoms with E-state index in [0.717, 1.165) is 18.2 Å². The summed E-state index contributed by atoms with van der Waals surface area (Å²) in [6.07, 6.45) is -0.383. The third kappa shape index (κ3) is 9.73. The van der Waals surface area contributed by atoms with Crippen LogP contribution in [0.3, 0.4) is 0 Å². The summed E-state index contributed by atoms with van der Waals surface area (Å²) in [5.41, 5.74) is -0.346. The molecule has 27 heavy (non-hydrogen) atoms. The summed E-state index contributed by atoms with van der Waals surface area (Å²) in [7, 11) is 1.57. The van der Waals surface area contributed by atoms with Crippen molar-refractivity contribution in [3.63, 3.8) is 0 Å². The highest BCUT2D eigenvalue weighted by Gasteiger charge is 2.20. The molecule has 1 rings (SSSR count). The second-order valence-electron chi connectivity index (χ2n) is 6.65. The van der Waals surface area contributed by atoms with E-state index in [1.54, 1.807) is 11.9 Å².